The van der Waals surface area contributed by atoms with Crippen molar-refractivity contribution < 1.29 is 9.90 Å². The molecule has 1 saturated heterocycles. The highest BCUT2D eigenvalue weighted by atomic mass is 127. The highest BCUT2D eigenvalue weighted by molar-refractivity contribution is 14.0. The first kappa shape index (κ1) is 26.1. The molecule has 1 aliphatic rings. The molecule has 0 spiro atoms. The van der Waals surface area contributed by atoms with Crippen LogP contribution in [0.25, 0.3) is 0 Å². The van der Waals surface area contributed by atoms with Crippen molar-refractivity contribution in [1.82, 2.24) is 20.4 Å². The van der Waals surface area contributed by atoms with Gasteiger partial charge in [0.05, 0.1) is 12.6 Å². The molecule has 2 unspecified atom stereocenters. The normalized spacial score (nSPS) is 19.3. The summed E-state index contributed by atoms with van der Waals surface area (Å²) in [5, 5.41) is 19.2. The summed E-state index contributed by atoms with van der Waals surface area (Å²) in [5.41, 5.74) is -0.966. The van der Waals surface area contributed by atoms with Gasteiger partial charge in [-0.3, -0.25) is 9.69 Å². The van der Waals surface area contributed by atoms with Gasteiger partial charge in [-0.05, 0) is 51.1 Å². The summed E-state index contributed by atoms with van der Waals surface area (Å²) in [6.45, 7) is 7.53. The predicted molar refractivity (Wildman–Crippen MR) is 131 cm³/mol. The number of halogens is 1. The van der Waals surface area contributed by atoms with Crippen LogP contribution in [0.1, 0.15) is 38.0 Å². The largest absolute Gasteiger partial charge is 0.383 e. The molecule has 2 atom stereocenters. The molecule has 0 aliphatic carbocycles. The molecule has 3 N–H and O–H groups in total. The van der Waals surface area contributed by atoms with E-state index in [4.69, 9.17) is 0 Å². The standard InChI is InChI=1S/C20H35N5O2S.HI/c1-5-21-19(23-15-20(2,27)17-10-7-14-28-17)22-11-8-13-25-12-6-9-16(25)18(26)24(3)4;/h7,10,14,16,27H,5-6,8-9,11-13,15H2,1-4H3,(H2,21,22,23);1H. The van der Waals surface area contributed by atoms with Gasteiger partial charge in [0.25, 0.3) is 0 Å². The Labute approximate surface area is 196 Å². The van der Waals surface area contributed by atoms with E-state index in [1.54, 1.807) is 11.8 Å². The number of nitrogens with zero attached hydrogens (tertiary/aromatic N) is 3. The number of guanidine groups is 1. The van der Waals surface area contributed by atoms with E-state index in [-0.39, 0.29) is 35.9 Å². The van der Waals surface area contributed by atoms with E-state index in [1.807, 2.05) is 38.5 Å². The van der Waals surface area contributed by atoms with Gasteiger partial charge in [0, 0.05) is 38.6 Å². The second-order valence-corrected chi connectivity index (χ2v) is 8.60. The van der Waals surface area contributed by atoms with Crippen LogP contribution in [0.3, 0.4) is 0 Å². The number of hydrogen-bond donors (Lipinski definition) is 3. The molecule has 2 heterocycles. The third-order valence-electron chi connectivity index (χ3n) is 4.95. The molecule has 166 valence electrons. The molecule has 29 heavy (non-hydrogen) atoms. The van der Waals surface area contributed by atoms with E-state index >= 15 is 0 Å². The van der Waals surface area contributed by atoms with Crippen molar-refractivity contribution in [2.45, 2.75) is 44.8 Å². The van der Waals surface area contributed by atoms with Gasteiger partial charge in [-0.15, -0.1) is 35.3 Å². The Hall–Kier alpha value is -0.910. The molecular weight excluding hydrogens is 501 g/mol. The molecule has 9 heteroatoms. The third-order valence-corrected chi connectivity index (χ3v) is 6.07. The number of thiophene rings is 1. The molecular formula is C20H36IN5O2S. The van der Waals surface area contributed by atoms with Gasteiger partial charge in [0.15, 0.2) is 5.96 Å². The minimum absolute atomic E-state index is 0. The van der Waals surface area contributed by atoms with Crippen molar-refractivity contribution in [1.29, 1.82) is 0 Å². The number of aliphatic hydroxyl groups is 1. The maximum Gasteiger partial charge on any atom is 0.239 e. The molecule has 1 fully saturated rings. The van der Waals surface area contributed by atoms with E-state index in [1.165, 1.54) is 11.3 Å². The summed E-state index contributed by atoms with van der Waals surface area (Å²) >= 11 is 1.54. The van der Waals surface area contributed by atoms with Crippen molar-refractivity contribution >= 4 is 47.2 Å². The van der Waals surface area contributed by atoms with Crippen LogP contribution in [-0.2, 0) is 10.4 Å². The van der Waals surface area contributed by atoms with E-state index in [0.717, 1.165) is 50.3 Å². The second kappa shape index (κ2) is 12.7. The van der Waals surface area contributed by atoms with E-state index in [2.05, 4.69) is 20.5 Å². The summed E-state index contributed by atoms with van der Waals surface area (Å²) < 4.78 is 0. The van der Waals surface area contributed by atoms with Crippen LogP contribution in [0.2, 0.25) is 0 Å². The fourth-order valence-corrected chi connectivity index (χ4v) is 4.18. The van der Waals surface area contributed by atoms with Crippen molar-refractivity contribution in [3.8, 4) is 0 Å². The van der Waals surface area contributed by atoms with Gasteiger partial charge in [-0.25, -0.2) is 4.99 Å². The number of hydrogen-bond acceptors (Lipinski definition) is 5. The summed E-state index contributed by atoms with van der Waals surface area (Å²) in [5.74, 6) is 0.915. The number of carbonyl (C=O) groups excluding carboxylic acids is 1. The maximum atomic E-state index is 12.3. The molecule has 2 rings (SSSR count). The molecule has 0 radical (unpaired) electrons. The van der Waals surface area contributed by atoms with Crippen molar-refractivity contribution in [3.63, 3.8) is 0 Å². The predicted octanol–water partition coefficient (Wildman–Crippen LogP) is 2.07. The van der Waals surface area contributed by atoms with Crippen LogP contribution in [0, 0.1) is 0 Å². The number of likely N-dealkylation sites (N-methyl/N-ethyl adjacent to an activating group) is 1. The lowest BCUT2D eigenvalue weighted by atomic mass is 10.1. The average Bonchev–Trinajstić information content (AvgIpc) is 3.34. The average molecular weight is 538 g/mol. The van der Waals surface area contributed by atoms with Crippen molar-refractivity contribution in [2.24, 2.45) is 4.99 Å². The first-order valence-corrected chi connectivity index (χ1v) is 11.0. The fourth-order valence-electron chi connectivity index (χ4n) is 3.40. The van der Waals surface area contributed by atoms with Gasteiger partial charge in [0.1, 0.15) is 5.60 Å². The Bertz CT molecular complexity index is 637. The van der Waals surface area contributed by atoms with Crippen LogP contribution in [0.4, 0.5) is 0 Å². The van der Waals surface area contributed by atoms with Gasteiger partial charge < -0.3 is 20.6 Å². The van der Waals surface area contributed by atoms with Crippen LogP contribution in [-0.4, -0.2) is 79.6 Å². The smallest absolute Gasteiger partial charge is 0.239 e. The van der Waals surface area contributed by atoms with Crippen LogP contribution < -0.4 is 10.6 Å². The molecule has 1 aromatic heterocycles. The summed E-state index contributed by atoms with van der Waals surface area (Å²) in [6.07, 6.45) is 2.97. The Morgan fingerprint density at radius 2 is 2.21 bits per heavy atom. The molecule has 0 aromatic carbocycles. The van der Waals surface area contributed by atoms with E-state index in [0.29, 0.717) is 12.5 Å². The number of amides is 1. The molecule has 1 amide bonds. The fraction of sp³-hybridized carbons (Fsp3) is 0.700. The molecule has 0 bridgehead atoms. The van der Waals surface area contributed by atoms with Crippen LogP contribution >= 0.6 is 35.3 Å². The second-order valence-electron chi connectivity index (χ2n) is 7.65. The molecule has 1 aliphatic heterocycles. The zero-order valence-electron chi connectivity index (χ0n) is 18.0. The number of likely N-dealkylation sites (tertiary alicyclic amines) is 1. The third kappa shape index (κ3) is 8.03. The number of carbonyl (C=O) groups is 1. The van der Waals surface area contributed by atoms with E-state index < -0.39 is 5.60 Å². The van der Waals surface area contributed by atoms with Gasteiger partial charge >= 0.3 is 0 Å². The zero-order chi connectivity index (χ0) is 20.6. The Balaban J connectivity index is 0.00000420. The summed E-state index contributed by atoms with van der Waals surface area (Å²) in [6, 6.07) is 3.90. The molecule has 1 aromatic rings. The molecule has 7 nitrogen and oxygen atoms in total. The van der Waals surface area contributed by atoms with E-state index in [9.17, 15) is 9.90 Å². The van der Waals surface area contributed by atoms with Crippen LogP contribution in [0.15, 0.2) is 22.5 Å². The van der Waals surface area contributed by atoms with Gasteiger partial charge in [0.2, 0.25) is 5.91 Å². The lowest BCUT2D eigenvalue weighted by molar-refractivity contribution is -0.133. The number of nitrogens with one attached hydrogen (secondary N) is 2. The lowest BCUT2D eigenvalue weighted by Crippen LogP contribution is -2.44. The van der Waals surface area contributed by atoms with Gasteiger partial charge in [-0.2, -0.15) is 0 Å². The quantitative estimate of drug-likeness (QED) is 0.195. The summed E-state index contributed by atoms with van der Waals surface area (Å²) in [7, 11) is 3.65. The van der Waals surface area contributed by atoms with Gasteiger partial charge in [-0.1, -0.05) is 6.07 Å². The Kier molecular flexibility index (Phi) is 11.4. The summed E-state index contributed by atoms with van der Waals surface area (Å²) in [4.78, 5) is 21.7. The zero-order valence-corrected chi connectivity index (χ0v) is 21.1. The van der Waals surface area contributed by atoms with Crippen LogP contribution in [0.5, 0.6) is 0 Å². The Morgan fingerprint density at radius 1 is 1.45 bits per heavy atom. The highest BCUT2D eigenvalue weighted by Gasteiger charge is 2.31. The van der Waals surface area contributed by atoms with Crippen molar-refractivity contribution in [3.05, 3.63) is 22.4 Å². The number of rotatable bonds is 9. The SMILES string of the molecule is CCNC(=NCC(C)(O)c1cccs1)NCCCN1CCCC1C(=O)N(C)C.I. The van der Waals surface area contributed by atoms with Crippen molar-refractivity contribution in [2.75, 3.05) is 46.8 Å². The topological polar surface area (TPSA) is 80.2 Å². The lowest BCUT2D eigenvalue weighted by Gasteiger charge is -2.26. The maximum absolute atomic E-state index is 12.3. The monoisotopic (exact) mass is 537 g/mol. The minimum Gasteiger partial charge on any atom is -0.383 e. The Morgan fingerprint density at radius 3 is 2.83 bits per heavy atom. The first-order chi connectivity index (χ1) is 13.3. The number of aliphatic imine (C=N–C) groups is 1. The minimum atomic E-state index is -0.966. The first-order valence-electron chi connectivity index (χ1n) is 10.1. The molecule has 0 saturated carbocycles. The highest BCUT2D eigenvalue weighted by Crippen LogP contribution is 2.25.